The topological polar surface area (TPSA) is 66.1 Å². The van der Waals surface area contributed by atoms with Gasteiger partial charge in [0.15, 0.2) is 0 Å². The molecule has 2 heterocycles. The Hall–Kier alpha value is -2.50. The molecule has 1 aliphatic carbocycles. The van der Waals surface area contributed by atoms with Crippen molar-refractivity contribution in [3.63, 3.8) is 0 Å². The third kappa shape index (κ3) is 2.52. The maximum Gasteiger partial charge on any atom is 0.267 e. The summed E-state index contributed by atoms with van der Waals surface area (Å²) in [5.74, 6) is -0.436. The quantitative estimate of drug-likeness (QED) is 0.878. The van der Waals surface area contributed by atoms with E-state index >= 15 is 0 Å². The van der Waals surface area contributed by atoms with E-state index in [1.807, 2.05) is 0 Å². The van der Waals surface area contributed by atoms with Crippen molar-refractivity contribution in [1.29, 1.82) is 0 Å². The van der Waals surface area contributed by atoms with E-state index in [9.17, 15) is 14.0 Å². The molecule has 0 bridgehead atoms. The molecule has 0 saturated carbocycles. The third-order valence-corrected chi connectivity index (χ3v) is 4.91. The van der Waals surface area contributed by atoms with Crippen LogP contribution in [0.3, 0.4) is 0 Å². The first-order valence-corrected chi connectivity index (χ1v) is 8.31. The second-order valence-corrected chi connectivity index (χ2v) is 6.42. The molecular formula is C18H18FN3O2. The molecule has 0 spiro atoms. The van der Waals surface area contributed by atoms with Crippen LogP contribution in [0, 0.1) is 5.82 Å². The predicted molar refractivity (Wildman–Crippen MR) is 87.7 cm³/mol. The summed E-state index contributed by atoms with van der Waals surface area (Å²) in [5, 5.41) is 6.80. The van der Waals surface area contributed by atoms with Gasteiger partial charge in [0.1, 0.15) is 5.82 Å². The summed E-state index contributed by atoms with van der Waals surface area (Å²) in [7, 11) is 0. The van der Waals surface area contributed by atoms with Crippen LogP contribution in [0.15, 0.2) is 23.0 Å². The number of aromatic nitrogens is 2. The monoisotopic (exact) mass is 327 g/mol. The molecule has 1 saturated heterocycles. The normalized spacial score (nSPS) is 16.7. The van der Waals surface area contributed by atoms with Crippen molar-refractivity contribution in [2.24, 2.45) is 0 Å². The van der Waals surface area contributed by atoms with Gasteiger partial charge in [0.25, 0.3) is 5.56 Å². The van der Waals surface area contributed by atoms with Gasteiger partial charge in [-0.3, -0.25) is 9.59 Å². The van der Waals surface area contributed by atoms with Crippen molar-refractivity contribution >= 4 is 11.6 Å². The average molecular weight is 327 g/mol. The number of hydrogen-bond acceptors (Lipinski definition) is 3. The molecule has 1 aliphatic heterocycles. The van der Waals surface area contributed by atoms with Crippen LogP contribution < -0.4 is 10.5 Å². The fourth-order valence-corrected chi connectivity index (χ4v) is 3.51. The smallest absolute Gasteiger partial charge is 0.267 e. The summed E-state index contributed by atoms with van der Waals surface area (Å²) in [6.07, 6.45) is 4.73. The highest BCUT2D eigenvalue weighted by atomic mass is 19.1. The fourth-order valence-electron chi connectivity index (χ4n) is 3.51. The summed E-state index contributed by atoms with van der Waals surface area (Å²) in [6, 6.07) is 4.83. The van der Waals surface area contributed by atoms with Gasteiger partial charge in [0, 0.05) is 24.9 Å². The molecule has 1 aromatic carbocycles. The number of benzene rings is 1. The lowest BCUT2D eigenvalue weighted by Gasteiger charge is -2.31. The number of hydrogen-bond donors (Lipinski definition) is 1. The number of rotatable bonds is 3. The Kier molecular flexibility index (Phi) is 3.67. The number of nitrogens with zero attached hydrogens (tertiary/aromatic N) is 2. The van der Waals surface area contributed by atoms with Crippen LogP contribution >= 0.6 is 0 Å². The number of H-pyrrole nitrogens is 1. The lowest BCUT2D eigenvalue weighted by molar-refractivity contribution is -0.122. The maximum absolute atomic E-state index is 14.0. The van der Waals surface area contributed by atoms with E-state index in [1.54, 1.807) is 12.1 Å². The zero-order chi connectivity index (χ0) is 16.7. The SMILES string of the molecule is O=C1CCN1c1cc(Cc2n[nH]c(=O)c3c2CCCC3)ccc1F. The van der Waals surface area contributed by atoms with E-state index in [4.69, 9.17) is 0 Å². The molecule has 4 rings (SSSR count). The Bertz CT molecular complexity index is 875. The number of anilines is 1. The Labute approximate surface area is 138 Å². The van der Waals surface area contributed by atoms with Gasteiger partial charge in [-0.25, -0.2) is 9.49 Å². The van der Waals surface area contributed by atoms with E-state index < -0.39 is 0 Å². The molecule has 2 aromatic rings. The average Bonchev–Trinajstić information content (AvgIpc) is 2.59. The first-order valence-electron chi connectivity index (χ1n) is 8.31. The van der Waals surface area contributed by atoms with Crippen LogP contribution in [0.5, 0.6) is 0 Å². The first-order chi connectivity index (χ1) is 11.6. The molecular weight excluding hydrogens is 309 g/mol. The number of amides is 1. The largest absolute Gasteiger partial charge is 0.309 e. The van der Waals surface area contributed by atoms with Crippen molar-refractivity contribution in [1.82, 2.24) is 10.2 Å². The van der Waals surface area contributed by atoms with Crippen molar-refractivity contribution in [3.05, 3.63) is 56.8 Å². The number of carbonyl (C=O) groups excluding carboxylic acids is 1. The highest BCUT2D eigenvalue weighted by Crippen LogP contribution is 2.28. The molecule has 124 valence electrons. The van der Waals surface area contributed by atoms with E-state index in [0.717, 1.165) is 48.1 Å². The zero-order valence-electron chi connectivity index (χ0n) is 13.3. The Morgan fingerprint density at radius 2 is 1.92 bits per heavy atom. The molecule has 1 fully saturated rings. The fraction of sp³-hybridized carbons (Fsp3) is 0.389. The molecule has 1 amide bonds. The van der Waals surface area contributed by atoms with Crippen LogP contribution in [-0.4, -0.2) is 22.6 Å². The van der Waals surface area contributed by atoms with Gasteiger partial charge in [0.2, 0.25) is 5.91 Å². The van der Waals surface area contributed by atoms with Gasteiger partial charge in [-0.2, -0.15) is 5.10 Å². The first kappa shape index (κ1) is 15.1. The molecule has 0 unspecified atom stereocenters. The lowest BCUT2D eigenvalue weighted by atomic mass is 9.90. The highest BCUT2D eigenvalue weighted by Gasteiger charge is 2.28. The lowest BCUT2D eigenvalue weighted by Crippen LogP contribution is -2.43. The predicted octanol–water partition coefficient (Wildman–Crippen LogP) is 2.12. The molecule has 1 N–H and O–H groups in total. The van der Waals surface area contributed by atoms with Gasteiger partial charge >= 0.3 is 0 Å². The van der Waals surface area contributed by atoms with Gasteiger partial charge in [-0.05, 0) is 48.9 Å². The summed E-state index contributed by atoms with van der Waals surface area (Å²) in [6.45, 7) is 0.561. The number of halogens is 1. The van der Waals surface area contributed by atoms with Gasteiger partial charge in [-0.15, -0.1) is 0 Å². The summed E-state index contributed by atoms with van der Waals surface area (Å²) in [5.41, 5.74) is 3.85. The Balaban J connectivity index is 1.68. The van der Waals surface area contributed by atoms with Gasteiger partial charge in [0.05, 0.1) is 11.4 Å². The van der Waals surface area contributed by atoms with Crippen molar-refractivity contribution in [3.8, 4) is 0 Å². The maximum atomic E-state index is 14.0. The van der Waals surface area contributed by atoms with Crippen LogP contribution in [0.4, 0.5) is 10.1 Å². The third-order valence-electron chi connectivity index (χ3n) is 4.91. The Morgan fingerprint density at radius 3 is 2.62 bits per heavy atom. The van der Waals surface area contributed by atoms with Crippen molar-refractivity contribution in [2.75, 3.05) is 11.4 Å². The van der Waals surface area contributed by atoms with E-state index in [2.05, 4.69) is 10.2 Å². The van der Waals surface area contributed by atoms with Crippen LogP contribution in [0.25, 0.3) is 0 Å². The molecule has 0 radical (unpaired) electrons. The molecule has 24 heavy (non-hydrogen) atoms. The summed E-state index contributed by atoms with van der Waals surface area (Å²) < 4.78 is 14.0. The molecule has 1 aromatic heterocycles. The summed E-state index contributed by atoms with van der Waals surface area (Å²) in [4.78, 5) is 25.0. The molecule has 2 aliphatic rings. The van der Waals surface area contributed by atoms with Gasteiger partial charge < -0.3 is 4.90 Å². The van der Waals surface area contributed by atoms with E-state index in [-0.39, 0.29) is 17.3 Å². The van der Waals surface area contributed by atoms with Crippen LogP contribution in [0.2, 0.25) is 0 Å². The van der Waals surface area contributed by atoms with E-state index in [1.165, 1.54) is 11.0 Å². The molecule has 6 heteroatoms. The molecule has 0 atom stereocenters. The van der Waals surface area contributed by atoms with Crippen molar-refractivity contribution < 1.29 is 9.18 Å². The van der Waals surface area contributed by atoms with Crippen molar-refractivity contribution in [2.45, 2.75) is 38.5 Å². The standard InChI is InChI=1S/C18H18FN3O2/c19-14-6-5-11(10-16(14)22-8-7-17(22)23)9-15-12-3-1-2-4-13(12)18(24)21-20-15/h5-6,10H,1-4,7-9H2,(H,21,24). The number of nitrogens with one attached hydrogen (secondary N) is 1. The number of fused-ring (bicyclic) bond motifs is 1. The Morgan fingerprint density at radius 1 is 1.12 bits per heavy atom. The minimum absolute atomic E-state index is 0.0504. The second-order valence-electron chi connectivity index (χ2n) is 6.42. The number of aromatic amines is 1. The minimum Gasteiger partial charge on any atom is -0.309 e. The zero-order valence-corrected chi connectivity index (χ0v) is 13.3. The minimum atomic E-state index is -0.386. The van der Waals surface area contributed by atoms with Crippen LogP contribution in [-0.2, 0) is 24.1 Å². The highest BCUT2D eigenvalue weighted by molar-refractivity contribution is 5.99. The summed E-state index contributed by atoms with van der Waals surface area (Å²) >= 11 is 0. The molecule has 5 nitrogen and oxygen atoms in total. The number of carbonyl (C=O) groups is 1. The van der Waals surface area contributed by atoms with Gasteiger partial charge in [-0.1, -0.05) is 6.07 Å². The number of β-lactam (4-membered cyclic amide) rings is 1. The second kappa shape index (κ2) is 5.85. The van der Waals surface area contributed by atoms with E-state index in [0.29, 0.717) is 25.1 Å². The van der Waals surface area contributed by atoms with Crippen LogP contribution in [0.1, 0.15) is 41.6 Å².